The predicted octanol–water partition coefficient (Wildman–Crippen LogP) is 3.70. The molecule has 3 aromatic rings. The molecule has 10 nitrogen and oxygen atoms in total. The van der Waals surface area contributed by atoms with Gasteiger partial charge in [0.25, 0.3) is 11.6 Å². The molecule has 0 bridgehead atoms. The first-order valence-electron chi connectivity index (χ1n) is 9.83. The van der Waals surface area contributed by atoms with Gasteiger partial charge in [0.05, 0.1) is 36.9 Å². The van der Waals surface area contributed by atoms with Gasteiger partial charge in [-0.15, -0.1) is 11.3 Å². The number of thiazole rings is 1. The van der Waals surface area contributed by atoms with Crippen LogP contribution in [0.4, 0.5) is 10.5 Å². The molecule has 0 spiro atoms. The molecule has 2 aromatic carbocycles. The molecule has 1 aromatic heterocycles. The van der Waals surface area contributed by atoms with E-state index in [1.807, 2.05) is 12.1 Å². The normalized spacial score (nSPS) is 17.7. The van der Waals surface area contributed by atoms with Gasteiger partial charge in [0, 0.05) is 17.5 Å². The minimum Gasteiger partial charge on any atom is -0.493 e. The number of para-hydroxylation sites is 1. The van der Waals surface area contributed by atoms with Crippen LogP contribution >= 0.6 is 11.3 Å². The van der Waals surface area contributed by atoms with Crippen LogP contribution in [-0.2, 0) is 16.9 Å². The van der Waals surface area contributed by atoms with E-state index in [4.69, 9.17) is 9.47 Å². The Labute approximate surface area is 192 Å². The number of methoxy groups -OCH3 is 2. The van der Waals surface area contributed by atoms with Crippen molar-refractivity contribution < 1.29 is 24.0 Å². The van der Waals surface area contributed by atoms with E-state index in [2.05, 4.69) is 10.3 Å². The molecule has 3 amide bonds. The van der Waals surface area contributed by atoms with Crippen LogP contribution in [0.15, 0.2) is 47.8 Å². The van der Waals surface area contributed by atoms with Gasteiger partial charge < -0.3 is 14.8 Å². The summed E-state index contributed by atoms with van der Waals surface area (Å²) < 4.78 is 10.8. The van der Waals surface area contributed by atoms with Crippen molar-refractivity contribution >= 4 is 29.0 Å². The second-order valence-electron chi connectivity index (χ2n) is 7.44. The fourth-order valence-corrected chi connectivity index (χ4v) is 4.51. The average molecular weight is 468 g/mol. The Balaban J connectivity index is 1.57. The maximum Gasteiger partial charge on any atom is 0.325 e. The molecule has 11 heteroatoms. The number of carbonyl (C=O) groups excluding carboxylic acids is 2. The molecule has 1 unspecified atom stereocenters. The second kappa shape index (κ2) is 8.51. The van der Waals surface area contributed by atoms with Gasteiger partial charge in [0.15, 0.2) is 11.5 Å². The van der Waals surface area contributed by atoms with Gasteiger partial charge >= 0.3 is 6.03 Å². The molecule has 0 radical (unpaired) electrons. The van der Waals surface area contributed by atoms with E-state index < -0.39 is 22.4 Å². The van der Waals surface area contributed by atoms with E-state index in [1.54, 1.807) is 32.6 Å². The summed E-state index contributed by atoms with van der Waals surface area (Å²) in [4.78, 5) is 41.9. The second-order valence-corrected chi connectivity index (χ2v) is 8.29. The summed E-state index contributed by atoms with van der Waals surface area (Å²) in [5.41, 5.74) is 0.298. The number of carbonyl (C=O) groups is 2. The minimum absolute atomic E-state index is 0.0178. The average Bonchev–Trinajstić information content (AvgIpc) is 3.37. The number of non-ortho nitro benzene ring substituents is 1. The van der Waals surface area contributed by atoms with Crippen LogP contribution in [0.3, 0.4) is 0 Å². The van der Waals surface area contributed by atoms with Crippen LogP contribution in [-0.4, -0.2) is 41.0 Å². The molecule has 1 atom stereocenters. The number of amides is 3. The summed E-state index contributed by atoms with van der Waals surface area (Å²) in [7, 11) is 3.09. The summed E-state index contributed by atoms with van der Waals surface area (Å²) in [6.45, 7) is 1.55. The molecule has 1 aliphatic rings. The Kier molecular flexibility index (Phi) is 5.73. The monoisotopic (exact) mass is 468 g/mol. The highest BCUT2D eigenvalue weighted by Gasteiger charge is 2.49. The molecule has 1 aliphatic heterocycles. The topological polar surface area (TPSA) is 124 Å². The number of urea groups is 1. The quantitative estimate of drug-likeness (QED) is 0.318. The number of benzene rings is 2. The number of nitro groups is 1. The zero-order chi connectivity index (χ0) is 23.8. The molecular weight excluding hydrogens is 448 g/mol. The Bertz CT molecular complexity index is 1240. The molecule has 0 saturated carbocycles. The molecule has 4 rings (SSSR count). The Morgan fingerprint density at radius 2 is 1.88 bits per heavy atom. The lowest BCUT2D eigenvalue weighted by Crippen LogP contribution is -2.40. The fourth-order valence-electron chi connectivity index (χ4n) is 3.67. The van der Waals surface area contributed by atoms with E-state index >= 15 is 0 Å². The van der Waals surface area contributed by atoms with Crippen molar-refractivity contribution in [2.24, 2.45) is 0 Å². The highest BCUT2D eigenvalue weighted by molar-refractivity contribution is 7.13. The number of rotatable bonds is 7. The predicted molar refractivity (Wildman–Crippen MR) is 120 cm³/mol. The zero-order valence-electron chi connectivity index (χ0n) is 18.0. The van der Waals surface area contributed by atoms with Gasteiger partial charge in [0.1, 0.15) is 10.5 Å². The summed E-state index contributed by atoms with van der Waals surface area (Å²) in [6.07, 6.45) is 0. The van der Waals surface area contributed by atoms with Crippen molar-refractivity contribution in [1.82, 2.24) is 15.2 Å². The maximum absolute atomic E-state index is 13.2. The standard InChI is InChI=1S/C22H20N4O6S/c1-22(13-7-9-15(10-8-13)26(29)30)20(27)25(21(28)24-22)11-14-12-33-19(23-14)16-5-4-6-17(31-2)18(16)32-3/h4-10,12H,11H2,1-3H3,(H,24,28). The first kappa shape index (κ1) is 22.2. The van der Waals surface area contributed by atoms with Crippen molar-refractivity contribution in [1.29, 1.82) is 0 Å². The zero-order valence-corrected chi connectivity index (χ0v) is 18.8. The molecule has 1 fully saturated rings. The van der Waals surface area contributed by atoms with Crippen molar-refractivity contribution in [2.75, 3.05) is 14.2 Å². The van der Waals surface area contributed by atoms with Crippen molar-refractivity contribution in [3.8, 4) is 22.1 Å². The maximum atomic E-state index is 13.2. The number of nitro benzene ring substituents is 1. The SMILES string of the molecule is COc1cccc(-c2nc(CN3C(=O)NC(C)(c4ccc([N+](=O)[O-])cc4)C3=O)cs2)c1OC. The highest BCUT2D eigenvalue weighted by atomic mass is 32.1. The van der Waals surface area contributed by atoms with Crippen LogP contribution < -0.4 is 14.8 Å². The number of hydrogen-bond donors (Lipinski definition) is 1. The smallest absolute Gasteiger partial charge is 0.325 e. The van der Waals surface area contributed by atoms with E-state index in [1.165, 1.54) is 35.6 Å². The number of nitrogens with zero attached hydrogens (tertiary/aromatic N) is 3. The molecule has 0 aliphatic carbocycles. The molecule has 170 valence electrons. The van der Waals surface area contributed by atoms with Gasteiger partial charge in [-0.25, -0.2) is 9.78 Å². The summed E-state index contributed by atoms with van der Waals surface area (Å²) >= 11 is 1.36. The van der Waals surface area contributed by atoms with E-state index in [0.29, 0.717) is 27.8 Å². The highest BCUT2D eigenvalue weighted by Crippen LogP contribution is 2.39. The van der Waals surface area contributed by atoms with Crippen LogP contribution in [0.25, 0.3) is 10.6 Å². The first-order valence-corrected chi connectivity index (χ1v) is 10.7. The van der Waals surface area contributed by atoms with Gasteiger partial charge in [-0.3, -0.25) is 19.8 Å². The van der Waals surface area contributed by atoms with E-state index in [0.717, 1.165) is 10.5 Å². The summed E-state index contributed by atoms with van der Waals surface area (Å²) in [5.74, 6) is 0.649. The molecule has 1 N–H and O–H groups in total. The Hall–Kier alpha value is -3.99. The fraction of sp³-hybridized carbons (Fsp3) is 0.227. The summed E-state index contributed by atoms with van der Waals surface area (Å²) in [6, 6.07) is 10.4. The van der Waals surface area contributed by atoms with Crippen molar-refractivity contribution in [2.45, 2.75) is 19.0 Å². The lowest BCUT2D eigenvalue weighted by molar-refractivity contribution is -0.384. The van der Waals surface area contributed by atoms with Crippen LogP contribution in [0.2, 0.25) is 0 Å². The van der Waals surface area contributed by atoms with Gasteiger partial charge in [-0.2, -0.15) is 0 Å². The Morgan fingerprint density at radius 3 is 2.52 bits per heavy atom. The van der Waals surface area contributed by atoms with Gasteiger partial charge in [-0.1, -0.05) is 6.07 Å². The minimum atomic E-state index is -1.33. The lowest BCUT2D eigenvalue weighted by atomic mass is 9.92. The third kappa shape index (κ3) is 3.87. The van der Waals surface area contributed by atoms with E-state index in [9.17, 15) is 19.7 Å². The number of hydrogen-bond acceptors (Lipinski definition) is 8. The molecule has 33 heavy (non-hydrogen) atoms. The van der Waals surface area contributed by atoms with Crippen LogP contribution in [0.5, 0.6) is 11.5 Å². The third-order valence-electron chi connectivity index (χ3n) is 5.44. The van der Waals surface area contributed by atoms with Gasteiger partial charge in [0.2, 0.25) is 0 Å². The third-order valence-corrected chi connectivity index (χ3v) is 6.36. The van der Waals surface area contributed by atoms with E-state index in [-0.39, 0.29) is 12.2 Å². The summed E-state index contributed by atoms with van der Waals surface area (Å²) in [5, 5.41) is 16.0. The van der Waals surface area contributed by atoms with Crippen LogP contribution in [0.1, 0.15) is 18.2 Å². The van der Waals surface area contributed by atoms with Crippen molar-refractivity contribution in [3.63, 3.8) is 0 Å². The van der Waals surface area contributed by atoms with Gasteiger partial charge in [-0.05, 0) is 36.8 Å². The molecule has 2 heterocycles. The first-order chi connectivity index (χ1) is 15.8. The number of imide groups is 1. The molecular formula is C22H20N4O6S. The largest absolute Gasteiger partial charge is 0.493 e. The van der Waals surface area contributed by atoms with Crippen molar-refractivity contribution in [3.05, 3.63) is 69.2 Å². The number of ether oxygens (including phenoxy) is 2. The number of nitrogens with one attached hydrogen (secondary N) is 1. The molecule has 1 saturated heterocycles. The number of aromatic nitrogens is 1. The Morgan fingerprint density at radius 1 is 1.15 bits per heavy atom. The van der Waals surface area contributed by atoms with Crippen LogP contribution in [0, 0.1) is 10.1 Å². The lowest BCUT2D eigenvalue weighted by Gasteiger charge is -2.22.